The van der Waals surface area contributed by atoms with Crippen LogP contribution in [0, 0.1) is 0 Å². The molecule has 0 atom stereocenters. The number of carbonyl (C=O) groups is 1. The Bertz CT molecular complexity index is 1020. The zero-order valence-electron chi connectivity index (χ0n) is 16.9. The summed E-state index contributed by atoms with van der Waals surface area (Å²) >= 11 is 0. The van der Waals surface area contributed by atoms with E-state index >= 15 is 0 Å². The molecule has 2 aliphatic carbocycles. The third-order valence-corrected chi connectivity index (χ3v) is 6.61. The largest absolute Gasteiger partial charge is 0.388 e. The Morgan fingerprint density at radius 3 is 2.07 bits per heavy atom. The molecule has 1 heterocycles. The zero-order chi connectivity index (χ0) is 21.0. The van der Waals surface area contributed by atoms with Crippen molar-refractivity contribution in [2.75, 3.05) is 0 Å². The van der Waals surface area contributed by atoms with E-state index in [-0.39, 0.29) is 22.8 Å². The van der Waals surface area contributed by atoms with Crippen LogP contribution in [0.1, 0.15) is 91.6 Å². The Morgan fingerprint density at radius 1 is 0.800 bits per heavy atom. The predicted octanol–water partition coefficient (Wildman–Crippen LogP) is 5.04. The van der Waals surface area contributed by atoms with E-state index in [1.807, 2.05) is 6.07 Å². The number of hydrogen-bond acceptors (Lipinski definition) is 7. The van der Waals surface area contributed by atoms with Gasteiger partial charge in [0.15, 0.2) is 5.78 Å². The number of ketones is 1. The molecule has 1 aromatic heterocycles. The number of carbonyl (C=O) groups excluding carboxylic acids is 1. The van der Waals surface area contributed by atoms with E-state index in [1.165, 1.54) is 0 Å². The second-order valence-electron chi connectivity index (χ2n) is 8.34. The lowest BCUT2D eigenvalue weighted by molar-refractivity contribution is -0.307. The van der Waals surface area contributed by atoms with Crippen LogP contribution in [-0.2, 0) is 5.41 Å². The van der Waals surface area contributed by atoms with Gasteiger partial charge in [-0.3, -0.25) is 4.79 Å². The van der Waals surface area contributed by atoms with E-state index in [9.17, 15) is 14.4 Å². The van der Waals surface area contributed by atoms with Crippen molar-refractivity contribution in [2.24, 2.45) is 0 Å². The Balaban J connectivity index is 2.00. The van der Waals surface area contributed by atoms with Gasteiger partial charge in [0.1, 0.15) is 0 Å². The summed E-state index contributed by atoms with van der Waals surface area (Å²) in [5, 5.41) is 0. The van der Waals surface area contributed by atoms with Gasteiger partial charge in [-0.1, -0.05) is 68.9 Å². The minimum absolute atomic E-state index is 0.0938. The number of Topliss-reactive ketones (excluding diaryl/α,β-unsaturated/α-hetero) is 1. The summed E-state index contributed by atoms with van der Waals surface area (Å²) in [6.07, 6.45) is 7.92. The second kappa shape index (κ2) is 8.90. The molecule has 2 aromatic rings. The Kier molecular flexibility index (Phi) is 6.06. The summed E-state index contributed by atoms with van der Waals surface area (Å²) < 4.78 is 18.1. The van der Waals surface area contributed by atoms with Gasteiger partial charge in [-0.2, -0.15) is 0 Å². The van der Waals surface area contributed by atoms with Crippen molar-refractivity contribution in [1.29, 1.82) is 0 Å². The molecule has 0 amide bonds. The van der Waals surface area contributed by atoms with Crippen molar-refractivity contribution < 1.29 is 23.4 Å². The van der Waals surface area contributed by atoms with Crippen molar-refractivity contribution in [3.63, 3.8) is 0 Å². The lowest BCUT2D eigenvalue weighted by Crippen LogP contribution is -2.44. The molecule has 0 unspecified atom stereocenters. The first-order valence-corrected chi connectivity index (χ1v) is 10.7. The number of hydrogen-bond donors (Lipinski definition) is 0. The highest BCUT2D eigenvalue weighted by molar-refractivity contribution is 6.04. The molecule has 2 aliphatic rings. The van der Waals surface area contributed by atoms with Crippen molar-refractivity contribution in [3.8, 4) is 0 Å². The quantitative estimate of drug-likeness (QED) is 0.510. The predicted molar refractivity (Wildman–Crippen MR) is 107 cm³/mol. The van der Waals surface area contributed by atoms with E-state index in [0.717, 1.165) is 51.4 Å². The number of benzene rings is 1. The average molecular weight is 414 g/mol. The van der Waals surface area contributed by atoms with Crippen LogP contribution in [0.3, 0.4) is 0 Å². The fraction of sp³-hybridized carbons (Fsp3) is 0.522. The fourth-order valence-electron chi connectivity index (χ4n) is 5.22. The second-order valence-corrected chi connectivity index (χ2v) is 8.34. The Hall–Kier alpha value is -2.83. The van der Waals surface area contributed by atoms with Crippen LogP contribution in [0.15, 0.2) is 58.5 Å². The van der Waals surface area contributed by atoms with Gasteiger partial charge in [0.2, 0.25) is 0 Å². The van der Waals surface area contributed by atoms with Gasteiger partial charge in [-0.25, -0.2) is 18.7 Å². The van der Waals surface area contributed by atoms with Crippen LogP contribution in [-0.4, -0.2) is 5.78 Å². The monoisotopic (exact) mass is 414 g/mol. The minimum atomic E-state index is -1.15. The van der Waals surface area contributed by atoms with Crippen LogP contribution in [0.25, 0.3) is 0 Å². The first kappa shape index (κ1) is 20.4. The van der Waals surface area contributed by atoms with Crippen molar-refractivity contribution in [2.45, 2.75) is 75.5 Å². The Labute approximate surface area is 173 Å². The standard InChI is InChI=1S/C23H26O7/c24-20(17-12-6-2-7-13-17)23(14-8-3-9-15-23)19-18(16-10-4-1-5-11-16)21(25)27-29-30-28-22(19)26/h2,6-7,12-13,16H,1,3-5,8-11,14-15H2. The first-order valence-electron chi connectivity index (χ1n) is 10.7. The minimum Gasteiger partial charge on any atom is -0.293 e. The van der Waals surface area contributed by atoms with Crippen LogP contribution in [0.5, 0.6) is 0 Å². The van der Waals surface area contributed by atoms with Gasteiger partial charge in [0.05, 0.1) is 16.5 Å². The zero-order valence-corrected chi connectivity index (χ0v) is 16.9. The molecule has 0 bridgehead atoms. The van der Waals surface area contributed by atoms with E-state index < -0.39 is 16.7 Å². The third-order valence-electron chi connectivity index (χ3n) is 6.61. The lowest BCUT2D eigenvalue weighted by atomic mass is 9.63. The molecular formula is C23H26O7. The number of rotatable bonds is 4. The van der Waals surface area contributed by atoms with E-state index in [4.69, 9.17) is 9.15 Å². The molecule has 30 heavy (non-hydrogen) atoms. The topological polar surface area (TPSA) is 104 Å². The van der Waals surface area contributed by atoms with E-state index in [0.29, 0.717) is 18.4 Å². The molecule has 0 radical (unpaired) electrons. The summed E-state index contributed by atoms with van der Waals surface area (Å²) in [7, 11) is 0. The maximum absolute atomic E-state index is 13.8. The molecule has 7 nitrogen and oxygen atoms in total. The summed E-state index contributed by atoms with van der Waals surface area (Å²) in [6.45, 7) is 0. The normalized spacial score (nSPS) is 19.2. The van der Waals surface area contributed by atoms with Crippen molar-refractivity contribution in [3.05, 3.63) is 67.9 Å². The highest BCUT2D eigenvalue weighted by Crippen LogP contribution is 2.44. The molecule has 7 heteroatoms. The smallest absolute Gasteiger partial charge is 0.293 e. The highest BCUT2D eigenvalue weighted by atomic mass is 17.4. The maximum Gasteiger partial charge on any atom is 0.388 e. The van der Waals surface area contributed by atoms with Crippen LogP contribution >= 0.6 is 0 Å². The summed E-state index contributed by atoms with van der Waals surface area (Å²) in [5.41, 5.74) is -1.96. The van der Waals surface area contributed by atoms with Gasteiger partial charge in [-0.05, 0) is 41.1 Å². The first-order chi connectivity index (χ1) is 14.6. The highest BCUT2D eigenvalue weighted by Gasteiger charge is 2.47. The van der Waals surface area contributed by atoms with Gasteiger partial charge in [-0.15, -0.1) is 0 Å². The third kappa shape index (κ3) is 3.80. The molecule has 0 spiro atoms. The lowest BCUT2D eigenvalue weighted by Gasteiger charge is -2.37. The van der Waals surface area contributed by atoms with E-state index in [2.05, 4.69) is 9.47 Å². The van der Waals surface area contributed by atoms with E-state index in [1.54, 1.807) is 24.3 Å². The molecule has 2 fully saturated rings. The molecule has 4 rings (SSSR count). The van der Waals surface area contributed by atoms with Crippen LogP contribution in [0.4, 0.5) is 0 Å². The summed E-state index contributed by atoms with van der Waals surface area (Å²) in [6, 6.07) is 8.91. The average Bonchev–Trinajstić information content (AvgIpc) is 2.80. The Morgan fingerprint density at radius 2 is 1.40 bits per heavy atom. The summed E-state index contributed by atoms with van der Waals surface area (Å²) in [5.74, 6) is -0.352. The SMILES string of the molecule is O=C(c1ccccc1)C1(c2c(C3CCCCC3)c(=O)ooooc2=O)CCCCC1. The summed E-state index contributed by atoms with van der Waals surface area (Å²) in [4.78, 5) is 40.0. The molecule has 0 N–H and O–H groups in total. The van der Waals surface area contributed by atoms with Gasteiger partial charge >= 0.3 is 11.3 Å². The maximum atomic E-state index is 13.8. The van der Waals surface area contributed by atoms with Crippen molar-refractivity contribution >= 4 is 5.78 Å². The van der Waals surface area contributed by atoms with Crippen LogP contribution < -0.4 is 11.3 Å². The fourth-order valence-corrected chi connectivity index (χ4v) is 5.22. The molecule has 2 saturated carbocycles. The molecule has 160 valence electrons. The van der Waals surface area contributed by atoms with Gasteiger partial charge < -0.3 is 0 Å². The molecule has 0 saturated heterocycles. The van der Waals surface area contributed by atoms with Crippen LogP contribution in [0.2, 0.25) is 0 Å². The molecular weight excluding hydrogens is 388 g/mol. The van der Waals surface area contributed by atoms with Gasteiger partial charge in [0, 0.05) is 5.56 Å². The van der Waals surface area contributed by atoms with Gasteiger partial charge in [0.25, 0.3) is 0 Å². The molecule has 1 aromatic carbocycles. The molecule has 0 aliphatic heterocycles. The van der Waals surface area contributed by atoms with Crippen molar-refractivity contribution in [1.82, 2.24) is 0 Å².